The number of methoxy groups -OCH3 is 1. The van der Waals surface area contributed by atoms with Crippen molar-refractivity contribution in [3.8, 4) is 5.88 Å². The summed E-state index contributed by atoms with van der Waals surface area (Å²) in [6.07, 6.45) is 0. The summed E-state index contributed by atoms with van der Waals surface area (Å²) in [5.74, 6) is 0.229. The summed E-state index contributed by atoms with van der Waals surface area (Å²) in [5.41, 5.74) is 2.59. The molecule has 3 rings (SSSR count). The number of halogens is 1. The van der Waals surface area contributed by atoms with E-state index >= 15 is 0 Å². The monoisotopic (exact) mass is 332 g/mol. The van der Waals surface area contributed by atoms with Crippen LogP contribution in [0.2, 0.25) is 0 Å². The predicted molar refractivity (Wildman–Crippen MR) is 90.0 cm³/mol. The maximum absolute atomic E-state index is 13.2. The van der Waals surface area contributed by atoms with E-state index in [0.717, 1.165) is 49.5 Å². The van der Waals surface area contributed by atoms with Gasteiger partial charge in [0, 0.05) is 38.8 Å². The largest absolute Gasteiger partial charge is 0.479 e. The second-order valence-corrected chi connectivity index (χ2v) is 5.96. The Bertz CT molecular complexity index is 769. The van der Waals surface area contributed by atoms with E-state index < -0.39 is 0 Å². The first kappa shape index (κ1) is 16.4. The van der Waals surface area contributed by atoms with Gasteiger partial charge in [0.05, 0.1) is 7.11 Å². The normalized spacial score (nSPS) is 15.5. The van der Waals surface area contributed by atoms with Crippen LogP contribution in [0, 0.1) is 12.7 Å². The molecule has 24 heavy (non-hydrogen) atoms. The third kappa shape index (κ3) is 3.56. The van der Waals surface area contributed by atoms with Crippen LogP contribution < -0.4 is 15.2 Å². The van der Waals surface area contributed by atoms with Gasteiger partial charge < -0.3 is 9.64 Å². The molecule has 2 aromatic rings. The predicted octanol–water partition coefficient (Wildman–Crippen LogP) is 1.55. The summed E-state index contributed by atoms with van der Waals surface area (Å²) in [6, 6.07) is 6.44. The number of piperazine rings is 1. The lowest BCUT2D eigenvalue weighted by molar-refractivity contribution is 0.248. The lowest BCUT2D eigenvalue weighted by Crippen LogP contribution is -2.46. The van der Waals surface area contributed by atoms with Gasteiger partial charge in [0.25, 0.3) is 11.4 Å². The Morgan fingerprint density at radius 1 is 1.25 bits per heavy atom. The number of aromatic amines is 1. The Balaban J connectivity index is 1.66. The third-order valence-electron chi connectivity index (χ3n) is 4.36. The topological polar surface area (TPSA) is 61.5 Å². The van der Waals surface area contributed by atoms with Gasteiger partial charge in [-0.1, -0.05) is 6.07 Å². The molecule has 0 radical (unpaired) electrons. The van der Waals surface area contributed by atoms with Crippen LogP contribution in [-0.2, 0) is 6.54 Å². The van der Waals surface area contributed by atoms with Crippen molar-refractivity contribution in [3.05, 3.63) is 51.6 Å². The number of rotatable bonds is 4. The number of benzene rings is 1. The fourth-order valence-electron chi connectivity index (χ4n) is 2.98. The molecular formula is C17H21FN4O2. The van der Waals surface area contributed by atoms with Gasteiger partial charge in [0.15, 0.2) is 0 Å². The number of nitrogens with one attached hydrogen (secondary N) is 1. The first-order valence-corrected chi connectivity index (χ1v) is 7.93. The van der Waals surface area contributed by atoms with Crippen LogP contribution in [0.4, 0.5) is 10.1 Å². The standard InChI is InChI=1S/C17H21FN4O2/c1-12-9-14(18)4-3-13(12)11-21-5-7-22(8-6-21)15-10-16(23)19-20-17(15)24-2/h3-4,9-10H,5-8,11H2,1-2H3,(H,19,23). The summed E-state index contributed by atoms with van der Waals surface area (Å²) >= 11 is 0. The highest BCUT2D eigenvalue weighted by Crippen LogP contribution is 2.24. The summed E-state index contributed by atoms with van der Waals surface area (Å²) in [7, 11) is 1.54. The number of hydrogen-bond donors (Lipinski definition) is 1. The maximum atomic E-state index is 13.2. The molecule has 6 nitrogen and oxygen atoms in total. The molecule has 128 valence electrons. The Labute approximate surface area is 139 Å². The van der Waals surface area contributed by atoms with Crippen molar-refractivity contribution in [1.29, 1.82) is 0 Å². The van der Waals surface area contributed by atoms with E-state index in [4.69, 9.17) is 4.74 Å². The Hall–Kier alpha value is -2.41. The van der Waals surface area contributed by atoms with Gasteiger partial charge in [-0.15, -0.1) is 5.10 Å². The minimum atomic E-state index is -0.241. The molecule has 2 heterocycles. The minimum Gasteiger partial charge on any atom is -0.479 e. The van der Waals surface area contributed by atoms with E-state index in [1.165, 1.54) is 19.2 Å². The smallest absolute Gasteiger partial charge is 0.266 e. The van der Waals surface area contributed by atoms with Crippen LogP contribution in [0.25, 0.3) is 0 Å². The highest BCUT2D eigenvalue weighted by atomic mass is 19.1. The Morgan fingerprint density at radius 3 is 2.67 bits per heavy atom. The molecule has 1 fully saturated rings. The zero-order valence-electron chi connectivity index (χ0n) is 13.9. The van der Waals surface area contributed by atoms with E-state index in [-0.39, 0.29) is 11.4 Å². The van der Waals surface area contributed by atoms with Crippen LogP contribution in [-0.4, -0.2) is 48.4 Å². The van der Waals surface area contributed by atoms with Gasteiger partial charge in [0.1, 0.15) is 11.5 Å². The molecule has 7 heteroatoms. The van der Waals surface area contributed by atoms with E-state index in [0.29, 0.717) is 5.88 Å². The number of hydrogen-bond acceptors (Lipinski definition) is 5. The van der Waals surface area contributed by atoms with Gasteiger partial charge >= 0.3 is 0 Å². The molecule has 0 bridgehead atoms. The zero-order chi connectivity index (χ0) is 17.1. The lowest BCUT2D eigenvalue weighted by Gasteiger charge is -2.36. The number of aryl methyl sites for hydroxylation is 1. The van der Waals surface area contributed by atoms with Crippen LogP contribution in [0.1, 0.15) is 11.1 Å². The summed E-state index contributed by atoms with van der Waals surface area (Å²) in [4.78, 5) is 16.0. The van der Waals surface area contributed by atoms with Crippen molar-refractivity contribution >= 4 is 5.69 Å². The molecule has 1 aliphatic rings. The van der Waals surface area contributed by atoms with Crippen molar-refractivity contribution in [2.75, 3.05) is 38.2 Å². The van der Waals surface area contributed by atoms with Gasteiger partial charge in [0.2, 0.25) is 0 Å². The van der Waals surface area contributed by atoms with E-state index in [1.54, 1.807) is 6.07 Å². The average Bonchev–Trinajstić information content (AvgIpc) is 2.58. The van der Waals surface area contributed by atoms with Gasteiger partial charge in [-0.3, -0.25) is 9.69 Å². The molecule has 1 aromatic heterocycles. The van der Waals surface area contributed by atoms with Crippen molar-refractivity contribution in [1.82, 2.24) is 15.1 Å². The quantitative estimate of drug-likeness (QED) is 0.920. The molecular weight excluding hydrogens is 311 g/mol. The number of anilines is 1. The van der Waals surface area contributed by atoms with Crippen LogP contribution >= 0.6 is 0 Å². The molecule has 0 unspecified atom stereocenters. The molecule has 1 aliphatic heterocycles. The van der Waals surface area contributed by atoms with Crippen LogP contribution in [0.3, 0.4) is 0 Å². The number of nitrogens with zero attached hydrogens (tertiary/aromatic N) is 3. The van der Waals surface area contributed by atoms with Crippen LogP contribution in [0.15, 0.2) is 29.1 Å². The first-order valence-electron chi connectivity index (χ1n) is 7.93. The summed E-state index contributed by atoms with van der Waals surface area (Å²) in [6.45, 7) is 6.00. The molecule has 0 atom stereocenters. The summed E-state index contributed by atoms with van der Waals surface area (Å²) < 4.78 is 18.4. The molecule has 1 saturated heterocycles. The van der Waals surface area contributed by atoms with Crippen molar-refractivity contribution < 1.29 is 9.13 Å². The molecule has 1 aromatic carbocycles. The zero-order valence-corrected chi connectivity index (χ0v) is 13.9. The minimum absolute atomic E-state index is 0.199. The molecule has 0 saturated carbocycles. The first-order chi connectivity index (χ1) is 11.6. The Morgan fingerprint density at radius 2 is 2.00 bits per heavy atom. The van der Waals surface area contributed by atoms with E-state index in [1.807, 2.05) is 13.0 Å². The van der Waals surface area contributed by atoms with E-state index in [2.05, 4.69) is 20.0 Å². The van der Waals surface area contributed by atoms with E-state index in [9.17, 15) is 9.18 Å². The third-order valence-corrected chi connectivity index (χ3v) is 4.36. The fraction of sp³-hybridized carbons (Fsp3) is 0.412. The lowest BCUT2D eigenvalue weighted by atomic mass is 10.1. The summed E-state index contributed by atoms with van der Waals surface area (Å²) in [5, 5.41) is 6.31. The average molecular weight is 332 g/mol. The molecule has 1 N–H and O–H groups in total. The number of H-pyrrole nitrogens is 1. The molecule has 0 amide bonds. The highest BCUT2D eigenvalue weighted by Gasteiger charge is 2.21. The number of aromatic nitrogens is 2. The van der Waals surface area contributed by atoms with Gasteiger partial charge in [-0.25, -0.2) is 9.49 Å². The number of ether oxygens (including phenoxy) is 1. The Kier molecular flexibility index (Phi) is 4.80. The van der Waals surface area contributed by atoms with Crippen molar-refractivity contribution in [2.45, 2.75) is 13.5 Å². The van der Waals surface area contributed by atoms with Crippen LogP contribution in [0.5, 0.6) is 5.88 Å². The second kappa shape index (κ2) is 7.00. The highest BCUT2D eigenvalue weighted by molar-refractivity contribution is 5.54. The second-order valence-electron chi connectivity index (χ2n) is 5.96. The van der Waals surface area contributed by atoms with Gasteiger partial charge in [-0.05, 0) is 30.2 Å². The van der Waals surface area contributed by atoms with Crippen molar-refractivity contribution in [2.24, 2.45) is 0 Å². The van der Waals surface area contributed by atoms with Gasteiger partial charge in [-0.2, -0.15) is 0 Å². The SMILES string of the molecule is COc1n[nH]c(=O)cc1N1CCN(Cc2ccc(F)cc2C)CC1. The molecule has 0 spiro atoms. The molecule has 0 aliphatic carbocycles. The van der Waals surface area contributed by atoms with Crippen molar-refractivity contribution in [3.63, 3.8) is 0 Å². The maximum Gasteiger partial charge on any atom is 0.266 e. The fourth-order valence-corrected chi connectivity index (χ4v) is 2.98.